The van der Waals surface area contributed by atoms with Crippen LogP contribution in [0.4, 0.5) is 22.0 Å². The lowest BCUT2D eigenvalue weighted by molar-refractivity contribution is -0.175. The molecule has 252 valence electrons. The number of benzene rings is 2. The molecule has 1 amide bonds. The summed E-state index contributed by atoms with van der Waals surface area (Å²) in [6.07, 6.45) is -2.56. The number of imidazole rings is 1. The van der Waals surface area contributed by atoms with Crippen LogP contribution in [0, 0.1) is 28.4 Å². The lowest BCUT2D eigenvalue weighted by Gasteiger charge is -2.38. The zero-order chi connectivity index (χ0) is 34.9. The number of ether oxygens (including phenoxy) is 1. The summed E-state index contributed by atoms with van der Waals surface area (Å²) in [4.78, 5) is 34.1. The summed E-state index contributed by atoms with van der Waals surface area (Å²) < 4.78 is 76.8. The highest BCUT2D eigenvalue weighted by molar-refractivity contribution is 6.31. The number of H-pyrrole nitrogens is 1. The Hall–Kier alpha value is -3.73. The average Bonchev–Trinajstić information content (AvgIpc) is 3.56. The molecule has 0 bridgehead atoms. The molecule has 8 nitrogen and oxygen atoms in total. The van der Waals surface area contributed by atoms with Gasteiger partial charge in [0, 0.05) is 35.2 Å². The SMILES string of the molecule is CN1[C@@H](CC(C)(C)C)[C@](C#N)(c2ccc(Cl)cc2F)[C@@H](c2cccc(Cl)c2F)[C@@H]1C(=O)OC[C@H](Cc1c[nH]cn1)NC(=O)C(F)(F)F. The fourth-order valence-electron chi connectivity index (χ4n) is 6.29. The first-order valence-electron chi connectivity index (χ1n) is 14.4. The second kappa shape index (κ2) is 13.8. The number of halogens is 7. The predicted octanol–water partition coefficient (Wildman–Crippen LogP) is 6.49. The van der Waals surface area contributed by atoms with E-state index in [1.54, 1.807) is 0 Å². The van der Waals surface area contributed by atoms with Crippen molar-refractivity contribution in [3.63, 3.8) is 0 Å². The van der Waals surface area contributed by atoms with Gasteiger partial charge in [-0.25, -0.2) is 13.8 Å². The normalized spacial score (nSPS) is 22.5. The molecule has 15 heteroatoms. The van der Waals surface area contributed by atoms with Crippen molar-refractivity contribution in [2.45, 2.75) is 69.2 Å². The molecule has 1 fully saturated rings. The minimum absolute atomic E-state index is 0.0448. The fraction of sp³-hybridized carbons (Fsp3) is 0.438. The van der Waals surface area contributed by atoms with Gasteiger partial charge in [-0.3, -0.25) is 14.5 Å². The number of likely N-dealkylation sites (N-methyl/N-ethyl adjacent to an activating group) is 1. The van der Waals surface area contributed by atoms with Crippen molar-refractivity contribution >= 4 is 35.1 Å². The quantitative estimate of drug-likeness (QED) is 0.195. The van der Waals surface area contributed by atoms with Crippen LogP contribution in [-0.4, -0.2) is 64.7 Å². The number of likely N-dealkylation sites (tertiary alicyclic amines) is 1. The Morgan fingerprint density at radius 1 is 1.19 bits per heavy atom. The van der Waals surface area contributed by atoms with Gasteiger partial charge in [-0.2, -0.15) is 18.4 Å². The Labute approximate surface area is 278 Å². The van der Waals surface area contributed by atoms with E-state index >= 15 is 8.78 Å². The molecular weight excluding hydrogens is 668 g/mol. The van der Waals surface area contributed by atoms with Gasteiger partial charge in [0.15, 0.2) is 0 Å². The van der Waals surface area contributed by atoms with E-state index in [4.69, 9.17) is 27.9 Å². The molecule has 2 N–H and O–H groups in total. The molecule has 0 saturated carbocycles. The van der Waals surface area contributed by atoms with E-state index in [-0.39, 0.29) is 39.7 Å². The first-order valence-corrected chi connectivity index (χ1v) is 15.2. The van der Waals surface area contributed by atoms with Crippen LogP contribution in [-0.2, 0) is 26.2 Å². The van der Waals surface area contributed by atoms with E-state index in [0.29, 0.717) is 0 Å². The molecule has 2 heterocycles. The smallest absolute Gasteiger partial charge is 0.462 e. The number of carbonyl (C=O) groups is 2. The Balaban J connectivity index is 1.85. The monoisotopic (exact) mass is 699 g/mol. The number of nitrogens with one attached hydrogen (secondary N) is 2. The number of esters is 1. The maximum Gasteiger partial charge on any atom is 0.471 e. The van der Waals surface area contributed by atoms with Crippen LogP contribution in [0.2, 0.25) is 10.0 Å². The standard InChI is InChI=1S/C32H32Cl2F5N5O3/c1-30(2,3)12-24-31(15-40,21-9-8-17(33)10-23(21)35)25(20-6-5-7-22(34)26(20)36)27(44(24)4)28(45)47-14-19(11-18-13-41-16-42-18)43-29(46)32(37,38)39/h5-10,13,16,19,24-25,27H,11-12,14H2,1-4H3,(H,41,42)(H,43,46)/t19-,24-,25-,27+,31-/m0/s1. The summed E-state index contributed by atoms with van der Waals surface area (Å²) in [6, 6.07) is 6.24. The van der Waals surface area contributed by atoms with Gasteiger partial charge in [-0.1, -0.05) is 62.2 Å². The minimum atomic E-state index is -5.22. The van der Waals surface area contributed by atoms with E-state index in [2.05, 4.69) is 16.0 Å². The van der Waals surface area contributed by atoms with E-state index in [0.717, 1.165) is 6.07 Å². The lowest BCUT2D eigenvalue weighted by Crippen LogP contribution is -2.48. The van der Waals surface area contributed by atoms with Gasteiger partial charge in [-0.05, 0) is 42.6 Å². The number of amides is 1. The van der Waals surface area contributed by atoms with Crippen LogP contribution in [0.1, 0.15) is 49.9 Å². The Morgan fingerprint density at radius 2 is 1.89 bits per heavy atom. The molecule has 1 saturated heterocycles. The zero-order valence-corrected chi connectivity index (χ0v) is 27.3. The van der Waals surface area contributed by atoms with E-state index in [1.807, 2.05) is 26.1 Å². The number of rotatable bonds is 9. The number of alkyl halides is 3. The van der Waals surface area contributed by atoms with Gasteiger partial charge < -0.3 is 15.0 Å². The number of aromatic amines is 1. The molecule has 1 aliphatic heterocycles. The summed E-state index contributed by atoms with van der Waals surface area (Å²) in [6.45, 7) is 4.90. The highest BCUT2D eigenvalue weighted by Gasteiger charge is 2.64. The highest BCUT2D eigenvalue weighted by atomic mass is 35.5. The molecule has 1 aliphatic rings. The summed E-state index contributed by atoms with van der Waals surface area (Å²) in [5.41, 5.74) is -2.46. The molecule has 47 heavy (non-hydrogen) atoms. The van der Waals surface area contributed by atoms with Gasteiger partial charge in [0.1, 0.15) is 29.7 Å². The first-order chi connectivity index (χ1) is 21.9. The average molecular weight is 701 g/mol. The number of aromatic nitrogens is 2. The van der Waals surface area contributed by atoms with Crippen LogP contribution in [0.3, 0.4) is 0 Å². The van der Waals surface area contributed by atoms with Crippen molar-refractivity contribution in [1.29, 1.82) is 5.26 Å². The summed E-state index contributed by atoms with van der Waals surface area (Å²) in [5.74, 6) is -6.53. The molecule has 0 aliphatic carbocycles. The van der Waals surface area contributed by atoms with Gasteiger partial charge in [0.25, 0.3) is 0 Å². The Bertz CT molecular complexity index is 1660. The molecule has 5 atom stereocenters. The molecular formula is C32H32Cl2F5N5O3. The first kappa shape index (κ1) is 36.1. The molecule has 2 aromatic carbocycles. The molecule has 1 aromatic heterocycles. The number of nitrogens with zero attached hydrogens (tertiary/aromatic N) is 3. The zero-order valence-electron chi connectivity index (χ0n) is 25.8. The molecule has 4 rings (SSSR count). The second-order valence-corrected chi connectivity index (χ2v) is 13.5. The van der Waals surface area contributed by atoms with Crippen LogP contribution >= 0.6 is 23.2 Å². The van der Waals surface area contributed by atoms with E-state index in [1.165, 1.54) is 54.8 Å². The molecule has 3 aromatic rings. The second-order valence-electron chi connectivity index (χ2n) is 12.7. The van der Waals surface area contributed by atoms with Gasteiger partial charge in [0.05, 0.1) is 29.2 Å². The van der Waals surface area contributed by atoms with Crippen molar-refractivity contribution in [3.8, 4) is 6.07 Å². The van der Waals surface area contributed by atoms with Crippen molar-refractivity contribution in [2.24, 2.45) is 5.41 Å². The maximum atomic E-state index is 15.9. The minimum Gasteiger partial charge on any atom is -0.462 e. The third kappa shape index (κ3) is 7.55. The number of hydrogen-bond donors (Lipinski definition) is 2. The van der Waals surface area contributed by atoms with Crippen molar-refractivity contribution in [3.05, 3.63) is 87.4 Å². The van der Waals surface area contributed by atoms with Gasteiger partial charge in [0.2, 0.25) is 0 Å². The Kier molecular flexibility index (Phi) is 10.6. The summed E-state index contributed by atoms with van der Waals surface area (Å²) in [7, 11) is 1.51. The third-order valence-corrected chi connectivity index (χ3v) is 8.74. The lowest BCUT2D eigenvalue weighted by atomic mass is 9.62. The molecule has 0 spiro atoms. The fourth-order valence-corrected chi connectivity index (χ4v) is 6.63. The third-order valence-electron chi connectivity index (χ3n) is 8.22. The maximum absolute atomic E-state index is 15.9. The van der Waals surface area contributed by atoms with Crippen LogP contribution in [0.15, 0.2) is 48.9 Å². The van der Waals surface area contributed by atoms with E-state index < -0.39 is 71.2 Å². The van der Waals surface area contributed by atoms with Gasteiger partial charge >= 0.3 is 18.1 Å². The number of hydrogen-bond acceptors (Lipinski definition) is 6. The predicted molar refractivity (Wildman–Crippen MR) is 163 cm³/mol. The molecule has 0 unspecified atom stereocenters. The largest absolute Gasteiger partial charge is 0.471 e. The summed E-state index contributed by atoms with van der Waals surface area (Å²) in [5, 5.41) is 12.6. The number of carbonyl (C=O) groups excluding carboxylic acids is 2. The molecule has 0 radical (unpaired) electrons. The van der Waals surface area contributed by atoms with Crippen molar-refractivity contribution in [2.75, 3.05) is 13.7 Å². The van der Waals surface area contributed by atoms with E-state index in [9.17, 15) is 28.0 Å². The summed E-state index contributed by atoms with van der Waals surface area (Å²) >= 11 is 12.2. The highest BCUT2D eigenvalue weighted by Crippen LogP contribution is 2.56. The van der Waals surface area contributed by atoms with Crippen LogP contribution < -0.4 is 5.32 Å². The topological polar surface area (TPSA) is 111 Å². The van der Waals surface area contributed by atoms with Crippen LogP contribution in [0.5, 0.6) is 0 Å². The van der Waals surface area contributed by atoms with Gasteiger partial charge in [-0.15, -0.1) is 0 Å². The number of nitriles is 1. The Morgan fingerprint density at radius 3 is 2.47 bits per heavy atom. The van der Waals surface area contributed by atoms with Crippen molar-refractivity contribution < 1.29 is 36.3 Å². The van der Waals surface area contributed by atoms with Crippen LogP contribution in [0.25, 0.3) is 0 Å². The van der Waals surface area contributed by atoms with Crippen molar-refractivity contribution in [1.82, 2.24) is 20.2 Å².